The number of aryl methyl sites for hydroxylation is 3. The maximum Gasteiger partial charge on any atom is 0.254 e. The van der Waals surface area contributed by atoms with Gasteiger partial charge in [-0.2, -0.15) is 9.50 Å². The van der Waals surface area contributed by atoms with E-state index >= 15 is 0 Å². The molecule has 2 N–H and O–H groups in total. The third-order valence-corrected chi connectivity index (χ3v) is 5.72. The Bertz CT molecular complexity index is 1130. The summed E-state index contributed by atoms with van der Waals surface area (Å²) in [5, 5.41) is 4.18. The summed E-state index contributed by atoms with van der Waals surface area (Å²) in [5.74, 6) is 2.79. The molecule has 10 nitrogen and oxygen atoms in total. The van der Waals surface area contributed by atoms with Gasteiger partial charge in [0, 0.05) is 60.8 Å². The molecule has 0 unspecified atom stereocenters. The van der Waals surface area contributed by atoms with Gasteiger partial charge in [-0.15, -0.1) is 5.10 Å². The second kappa shape index (κ2) is 8.09. The monoisotopic (exact) mass is 423 g/mol. The van der Waals surface area contributed by atoms with Crippen LogP contribution in [-0.2, 0) is 11.2 Å². The molecule has 4 rings (SSSR count). The Balaban J connectivity index is 1.45. The summed E-state index contributed by atoms with van der Waals surface area (Å²) >= 11 is 0. The molecule has 0 aliphatic carbocycles. The van der Waals surface area contributed by atoms with Gasteiger partial charge in [0.05, 0.1) is 6.42 Å². The van der Waals surface area contributed by atoms with E-state index in [-0.39, 0.29) is 24.2 Å². The number of carbonyl (C=O) groups excluding carboxylic acids is 1. The van der Waals surface area contributed by atoms with E-state index in [0.29, 0.717) is 18.9 Å². The number of rotatable bonds is 4. The van der Waals surface area contributed by atoms with Gasteiger partial charge in [0.15, 0.2) is 0 Å². The number of hydrogen-bond donors (Lipinski definition) is 1. The highest BCUT2D eigenvalue weighted by atomic mass is 16.2. The minimum atomic E-state index is 0.0850. The summed E-state index contributed by atoms with van der Waals surface area (Å²) in [4.78, 5) is 35.0. The number of nitrogens with two attached hydrogens (primary N) is 1. The zero-order valence-corrected chi connectivity index (χ0v) is 18.8. The Morgan fingerprint density at radius 3 is 2.45 bits per heavy atom. The number of anilines is 2. The van der Waals surface area contributed by atoms with Crippen LogP contribution in [0, 0.1) is 20.8 Å². The Labute approximate surface area is 181 Å². The molecule has 1 aliphatic heterocycles. The fourth-order valence-electron chi connectivity index (χ4n) is 3.92. The van der Waals surface area contributed by atoms with Crippen molar-refractivity contribution in [2.24, 2.45) is 0 Å². The van der Waals surface area contributed by atoms with Crippen molar-refractivity contribution in [2.45, 2.75) is 47.0 Å². The maximum atomic E-state index is 13.0. The second-order valence-corrected chi connectivity index (χ2v) is 8.37. The molecule has 164 valence electrons. The van der Waals surface area contributed by atoms with Crippen LogP contribution in [0.3, 0.4) is 0 Å². The van der Waals surface area contributed by atoms with Crippen LogP contribution in [0.5, 0.6) is 0 Å². The summed E-state index contributed by atoms with van der Waals surface area (Å²) < 4.78 is 1.60. The lowest BCUT2D eigenvalue weighted by Gasteiger charge is -2.36. The molecular formula is C21H29N9O. The van der Waals surface area contributed by atoms with E-state index in [1.807, 2.05) is 31.7 Å². The van der Waals surface area contributed by atoms with Crippen LogP contribution in [-0.4, -0.2) is 66.5 Å². The van der Waals surface area contributed by atoms with Crippen molar-refractivity contribution >= 4 is 23.5 Å². The topological polar surface area (TPSA) is 118 Å². The third kappa shape index (κ3) is 4.14. The Morgan fingerprint density at radius 1 is 1.06 bits per heavy atom. The lowest BCUT2D eigenvalue weighted by molar-refractivity contribution is -0.130. The summed E-state index contributed by atoms with van der Waals surface area (Å²) in [6.07, 6.45) is 0.282. The molecule has 0 radical (unpaired) electrons. The molecular weight excluding hydrogens is 394 g/mol. The van der Waals surface area contributed by atoms with Crippen molar-refractivity contribution in [3.8, 4) is 0 Å². The van der Waals surface area contributed by atoms with Gasteiger partial charge >= 0.3 is 0 Å². The highest BCUT2D eigenvalue weighted by Gasteiger charge is 2.24. The van der Waals surface area contributed by atoms with Crippen molar-refractivity contribution < 1.29 is 4.79 Å². The van der Waals surface area contributed by atoms with Crippen molar-refractivity contribution in [1.82, 2.24) is 34.4 Å². The van der Waals surface area contributed by atoms with Gasteiger partial charge in [-0.1, -0.05) is 13.8 Å². The highest BCUT2D eigenvalue weighted by Crippen LogP contribution is 2.20. The standard InChI is InChI=1S/C21H29N9O/c1-12(2)19-23-13(3)10-17(25-19)28-6-8-29(9-7-28)18(31)11-16-14(4)24-21-26-20(22)27-30(21)15(16)5/h10,12H,6-9,11H2,1-5H3,(H2,22,27). The Kier molecular flexibility index (Phi) is 5.47. The first-order valence-corrected chi connectivity index (χ1v) is 10.6. The molecule has 3 aromatic heterocycles. The Hall–Kier alpha value is -3.30. The second-order valence-electron chi connectivity index (χ2n) is 8.37. The van der Waals surface area contributed by atoms with Crippen LogP contribution >= 0.6 is 0 Å². The van der Waals surface area contributed by atoms with E-state index in [1.165, 1.54) is 0 Å². The number of aromatic nitrogens is 6. The van der Waals surface area contributed by atoms with Gasteiger partial charge in [0.25, 0.3) is 5.78 Å². The van der Waals surface area contributed by atoms with E-state index in [0.717, 1.165) is 47.4 Å². The van der Waals surface area contributed by atoms with Crippen LogP contribution in [0.25, 0.3) is 5.78 Å². The molecule has 1 amide bonds. The smallest absolute Gasteiger partial charge is 0.254 e. The predicted molar refractivity (Wildman–Crippen MR) is 118 cm³/mol. The molecule has 4 heterocycles. The van der Waals surface area contributed by atoms with E-state index in [9.17, 15) is 4.79 Å². The summed E-state index contributed by atoms with van der Waals surface area (Å²) in [6.45, 7) is 12.8. The molecule has 0 atom stereocenters. The number of piperazine rings is 1. The zero-order chi connectivity index (χ0) is 22.3. The first-order chi connectivity index (χ1) is 14.7. The molecule has 1 aliphatic rings. The fraction of sp³-hybridized carbons (Fsp3) is 0.524. The lowest BCUT2D eigenvalue weighted by atomic mass is 10.1. The number of amides is 1. The van der Waals surface area contributed by atoms with Crippen LogP contribution in [0.15, 0.2) is 6.07 Å². The molecule has 31 heavy (non-hydrogen) atoms. The number of nitrogen functional groups attached to an aromatic ring is 1. The SMILES string of the molecule is Cc1cc(N2CCN(C(=O)Cc3c(C)nc4nc(N)nn4c3C)CC2)nc(C(C)C)n1. The minimum Gasteiger partial charge on any atom is -0.366 e. The van der Waals surface area contributed by atoms with Gasteiger partial charge in [0.2, 0.25) is 11.9 Å². The van der Waals surface area contributed by atoms with E-state index in [4.69, 9.17) is 10.7 Å². The first-order valence-electron chi connectivity index (χ1n) is 10.6. The zero-order valence-electron chi connectivity index (χ0n) is 18.8. The van der Waals surface area contributed by atoms with Crippen LogP contribution in [0.4, 0.5) is 11.8 Å². The van der Waals surface area contributed by atoms with Crippen molar-refractivity contribution in [3.05, 3.63) is 34.5 Å². The Morgan fingerprint density at radius 2 is 1.77 bits per heavy atom. The van der Waals surface area contributed by atoms with Crippen molar-refractivity contribution in [2.75, 3.05) is 36.8 Å². The molecule has 0 aromatic carbocycles. The number of carbonyl (C=O) groups is 1. The summed E-state index contributed by atoms with van der Waals surface area (Å²) in [7, 11) is 0. The van der Waals surface area contributed by atoms with E-state index in [2.05, 4.69) is 38.8 Å². The molecule has 3 aromatic rings. The van der Waals surface area contributed by atoms with Crippen LogP contribution < -0.4 is 10.6 Å². The van der Waals surface area contributed by atoms with Gasteiger partial charge in [0.1, 0.15) is 11.6 Å². The first kappa shape index (κ1) is 21.0. The summed E-state index contributed by atoms with van der Waals surface area (Å²) in [5.41, 5.74) is 9.17. The molecule has 1 saturated heterocycles. The third-order valence-electron chi connectivity index (χ3n) is 5.72. The molecule has 1 fully saturated rings. The molecule has 10 heteroatoms. The largest absolute Gasteiger partial charge is 0.366 e. The van der Waals surface area contributed by atoms with Gasteiger partial charge in [-0.05, 0) is 20.8 Å². The van der Waals surface area contributed by atoms with E-state index < -0.39 is 0 Å². The molecule has 0 saturated carbocycles. The van der Waals surface area contributed by atoms with Gasteiger partial charge < -0.3 is 15.5 Å². The van der Waals surface area contributed by atoms with Gasteiger partial charge in [-0.3, -0.25) is 4.79 Å². The fourth-order valence-corrected chi connectivity index (χ4v) is 3.92. The summed E-state index contributed by atoms with van der Waals surface area (Å²) in [6, 6.07) is 2.01. The van der Waals surface area contributed by atoms with Crippen LogP contribution in [0.2, 0.25) is 0 Å². The average molecular weight is 424 g/mol. The van der Waals surface area contributed by atoms with Gasteiger partial charge in [-0.25, -0.2) is 15.0 Å². The van der Waals surface area contributed by atoms with Crippen molar-refractivity contribution in [3.63, 3.8) is 0 Å². The average Bonchev–Trinajstić information content (AvgIpc) is 3.10. The van der Waals surface area contributed by atoms with Crippen LogP contribution in [0.1, 0.15) is 48.2 Å². The predicted octanol–water partition coefficient (Wildman–Crippen LogP) is 1.44. The molecule has 0 spiro atoms. The number of fused-ring (bicyclic) bond motifs is 1. The quantitative estimate of drug-likeness (QED) is 0.670. The normalized spacial score (nSPS) is 14.6. The highest BCUT2D eigenvalue weighted by molar-refractivity contribution is 5.79. The lowest BCUT2D eigenvalue weighted by Crippen LogP contribution is -2.49. The number of nitrogens with zero attached hydrogens (tertiary/aromatic N) is 8. The van der Waals surface area contributed by atoms with E-state index in [1.54, 1.807) is 4.52 Å². The number of hydrogen-bond acceptors (Lipinski definition) is 8. The van der Waals surface area contributed by atoms with Crippen molar-refractivity contribution in [1.29, 1.82) is 0 Å². The minimum absolute atomic E-state index is 0.0850. The maximum absolute atomic E-state index is 13.0. The molecule has 0 bridgehead atoms.